The Morgan fingerprint density at radius 1 is 0.889 bits per heavy atom. The zero-order chi connectivity index (χ0) is 32.2. The van der Waals surface area contributed by atoms with Crippen LogP contribution < -0.4 is 21.7 Å². The van der Waals surface area contributed by atoms with Crippen molar-refractivity contribution in [3.8, 4) is 11.1 Å². The van der Waals surface area contributed by atoms with Crippen LogP contribution in [0, 0.1) is 13.8 Å². The van der Waals surface area contributed by atoms with Gasteiger partial charge in [0.25, 0.3) is 0 Å². The summed E-state index contributed by atoms with van der Waals surface area (Å²) >= 11 is 0. The fourth-order valence-corrected chi connectivity index (χ4v) is 5.42. The van der Waals surface area contributed by atoms with Gasteiger partial charge in [0.15, 0.2) is 0 Å². The first-order valence-corrected chi connectivity index (χ1v) is 15.5. The number of carboxylic acid groups (broad SMARTS) is 1. The summed E-state index contributed by atoms with van der Waals surface area (Å²) in [6.07, 6.45) is 3.99. The van der Waals surface area contributed by atoms with Crippen molar-refractivity contribution in [2.45, 2.75) is 64.5 Å². The number of amides is 2. The van der Waals surface area contributed by atoms with E-state index in [1.807, 2.05) is 55.5 Å². The lowest BCUT2D eigenvalue weighted by atomic mass is 9.94. The maximum absolute atomic E-state index is 13.5. The molecule has 0 radical (unpaired) electrons. The van der Waals surface area contributed by atoms with Crippen molar-refractivity contribution in [3.05, 3.63) is 95.7 Å². The summed E-state index contributed by atoms with van der Waals surface area (Å²) in [7, 11) is 0. The van der Waals surface area contributed by atoms with Crippen molar-refractivity contribution in [1.29, 1.82) is 0 Å². The number of hydrogen-bond donors (Lipinski definition) is 5. The largest absolute Gasteiger partial charge is 0.481 e. The number of nitrogens with zero attached hydrogens (tertiary/aromatic N) is 1. The fourth-order valence-electron chi connectivity index (χ4n) is 5.42. The standard InChI is InChI=1S/C36H43N5O4/c1-24-18-21-39-33(22-24)38-20-7-11-34(42)40-31(10-5-6-19-37)36(45)41-32(23-35(43)44)27-15-13-26(14-16-27)29-17-12-25(2)28-8-3-4-9-30(28)29/h3-4,8-9,12-18,21-22,31-32H,5-7,10-11,19-20,23,37H2,1-2H3,(H,38,39)(H,40,42)(H,41,45)(H,43,44)/t31-,32-/m0/s1. The van der Waals surface area contributed by atoms with Crippen molar-refractivity contribution in [2.75, 3.05) is 18.4 Å². The van der Waals surface area contributed by atoms with Crippen LogP contribution in [0.3, 0.4) is 0 Å². The molecule has 1 aromatic heterocycles. The number of unbranched alkanes of at least 4 members (excludes halogenated alkanes) is 1. The van der Waals surface area contributed by atoms with Gasteiger partial charge < -0.3 is 26.8 Å². The quantitative estimate of drug-likeness (QED) is 0.103. The number of carbonyl (C=O) groups excluding carboxylic acids is 2. The lowest BCUT2D eigenvalue weighted by molar-refractivity contribution is -0.138. The monoisotopic (exact) mass is 609 g/mol. The van der Waals surface area contributed by atoms with E-state index in [9.17, 15) is 19.5 Å². The van der Waals surface area contributed by atoms with Gasteiger partial charge in [-0.3, -0.25) is 14.4 Å². The highest BCUT2D eigenvalue weighted by atomic mass is 16.4. The van der Waals surface area contributed by atoms with Gasteiger partial charge in [0, 0.05) is 19.2 Å². The highest BCUT2D eigenvalue weighted by Crippen LogP contribution is 2.31. The van der Waals surface area contributed by atoms with Gasteiger partial charge in [0.2, 0.25) is 11.8 Å². The maximum Gasteiger partial charge on any atom is 0.305 e. The summed E-state index contributed by atoms with van der Waals surface area (Å²) in [5.41, 5.74) is 10.7. The van der Waals surface area contributed by atoms with Crippen molar-refractivity contribution < 1.29 is 19.5 Å². The zero-order valence-electron chi connectivity index (χ0n) is 26.0. The van der Waals surface area contributed by atoms with Crippen molar-refractivity contribution >= 4 is 34.4 Å². The van der Waals surface area contributed by atoms with Gasteiger partial charge in [-0.1, -0.05) is 60.7 Å². The predicted octanol–water partition coefficient (Wildman–Crippen LogP) is 5.66. The number of carbonyl (C=O) groups is 3. The highest BCUT2D eigenvalue weighted by molar-refractivity contribution is 5.98. The first-order valence-electron chi connectivity index (χ1n) is 15.5. The Morgan fingerprint density at radius 3 is 2.36 bits per heavy atom. The molecule has 0 saturated heterocycles. The molecule has 1 heterocycles. The van der Waals surface area contributed by atoms with E-state index in [2.05, 4.69) is 52.1 Å². The molecule has 0 spiro atoms. The third kappa shape index (κ3) is 9.61. The number of nitrogens with one attached hydrogen (secondary N) is 3. The number of hydrogen-bond acceptors (Lipinski definition) is 6. The number of nitrogens with two attached hydrogens (primary N) is 1. The molecule has 0 aliphatic rings. The number of anilines is 1. The third-order valence-electron chi connectivity index (χ3n) is 7.86. The molecule has 45 heavy (non-hydrogen) atoms. The summed E-state index contributed by atoms with van der Waals surface area (Å²) in [6.45, 7) is 5.11. The minimum Gasteiger partial charge on any atom is -0.481 e. The lowest BCUT2D eigenvalue weighted by Gasteiger charge is -2.23. The van der Waals surface area contributed by atoms with Crippen LogP contribution in [0.1, 0.15) is 61.3 Å². The Bertz CT molecular complexity index is 1610. The number of aryl methyl sites for hydroxylation is 2. The van der Waals surface area contributed by atoms with E-state index < -0.39 is 24.0 Å². The van der Waals surface area contributed by atoms with E-state index in [0.717, 1.165) is 27.9 Å². The second-order valence-electron chi connectivity index (χ2n) is 11.4. The number of rotatable bonds is 16. The van der Waals surface area contributed by atoms with Gasteiger partial charge in [-0.25, -0.2) is 4.98 Å². The van der Waals surface area contributed by atoms with E-state index >= 15 is 0 Å². The molecule has 2 atom stereocenters. The number of aliphatic carboxylic acids is 1. The molecular weight excluding hydrogens is 566 g/mol. The average Bonchev–Trinajstić information content (AvgIpc) is 3.03. The summed E-state index contributed by atoms with van der Waals surface area (Å²) in [6, 6.07) is 22.3. The molecule has 0 unspecified atom stereocenters. The summed E-state index contributed by atoms with van der Waals surface area (Å²) in [5.74, 6) is -0.943. The summed E-state index contributed by atoms with van der Waals surface area (Å²) in [4.78, 5) is 42.4. The molecular formula is C36H43N5O4. The normalized spacial score (nSPS) is 12.3. The van der Waals surface area contributed by atoms with Crippen LogP contribution in [0.4, 0.5) is 5.82 Å². The minimum atomic E-state index is -1.03. The lowest BCUT2D eigenvalue weighted by Crippen LogP contribution is -2.48. The number of fused-ring (bicyclic) bond motifs is 1. The Hall–Kier alpha value is -4.76. The van der Waals surface area contributed by atoms with E-state index in [1.54, 1.807) is 6.20 Å². The molecule has 3 aromatic carbocycles. The maximum atomic E-state index is 13.5. The van der Waals surface area contributed by atoms with Gasteiger partial charge in [-0.2, -0.15) is 0 Å². The van der Waals surface area contributed by atoms with Crippen LogP contribution in [-0.2, 0) is 14.4 Å². The van der Waals surface area contributed by atoms with E-state index in [4.69, 9.17) is 5.73 Å². The number of benzene rings is 3. The van der Waals surface area contributed by atoms with Crippen molar-refractivity contribution in [2.24, 2.45) is 5.73 Å². The van der Waals surface area contributed by atoms with E-state index in [1.165, 1.54) is 10.9 Å². The zero-order valence-corrected chi connectivity index (χ0v) is 26.0. The Balaban J connectivity index is 1.42. The molecule has 0 aliphatic heterocycles. The number of aromatic nitrogens is 1. The smallest absolute Gasteiger partial charge is 0.305 e. The van der Waals surface area contributed by atoms with Crippen LogP contribution in [-0.4, -0.2) is 47.0 Å². The van der Waals surface area contributed by atoms with E-state index in [-0.39, 0.29) is 18.7 Å². The average molecular weight is 610 g/mol. The van der Waals surface area contributed by atoms with Crippen LogP contribution in [0.25, 0.3) is 21.9 Å². The molecule has 2 amide bonds. The second-order valence-corrected chi connectivity index (χ2v) is 11.4. The molecule has 9 heteroatoms. The minimum absolute atomic E-state index is 0.229. The van der Waals surface area contributed by atoms with Crippen molar-refractivity contribution in [1.82, 2.24) is 15.6 Å². The number of carboxylic acids is 1. The van der Waals surface area contributed by atoms with E-state index in [0.29, 0.717) is 44.3 Å². The van der Waals surface area contributed by atoms with Crippen molar-refractivity contribution in [3.63, 3.8) is 0 Å². The van der Waals surface area contributed by atoms with Crippen LogP contribution in [0.15, 0.2) is 79.0 Å². The van der Waals surface area contributed by atoms with Gasteiger partial charge in [0.1, 0.15) is 11.9 Å². The molecule has 0 fully saturated rings. The second kappa shape index (κ2) is 16.4. The summed E-state index contributed by atoms with van der Waals surface area (Å²) in [5, 5.41) is 21.0. The fraction of sp³-hybridized carbons (Fsp3) is 0.333. The SMILES string of the molecule is Cc1ccnc(NCCCC(=O)N[C@@H](CCCCN)C(=O)N[C@@H](CC(=O)O)c2ccc(-c3ccc(C)c4ccccc34)cc2)c1. The predicted molar refractivity (Wildman–Crippen MR) is 179 cm³/mol. The van der Waals surface area contributed by atoms with Gasteiger partial charge in [-0.15, -0.1) is 0 Å². The molecule has 0 bridgehead atoms. The molecule has 6 N–H and O–H groups in total. The van der Waals surface area contributed by atoms with Crippen LogP contribution in [0.5, 0.6) is 0 Å². The Morgan fingerprint density at radius 2 is 1.64 bits per heavy atom. The molecule has 4 aromatic rings. The molecule has 0 saturated carbocycles. The molecule has 9 nitrogen and oxygen atoms in total. The first kappa shape index (κ1) is 33.1. The van der Waals surface area contributed by atoms with Crippen LogP contribution in [0.2, 0.25) is 0 Å². The third-order valence-corrected chi connectivity index (χ3v) is 7.86. The molecule has 0 aliphatic carbocycles. The molecule has 236 valence electrons. The highest BCUT2D eigenvalue weighted by Gasteiger charge is 2.25. The Kier molecular flexibility index (Phi) is 12.0. The Labute approximate surface area is 264 Å². The van der Waals surface area contributed by atoms with Crippen LogP contribution >= 0.6 is 0 Å². The van der Waals surface area contributed by atoms with Gasteiger partial charge >= 0.3 is 5.97 Å². The van der Waals surface area contributed by atoms with Gasteiger partial charge in [0.05, 0.1) is 12.5 Å². The number of pyridine rings is 1. The molecule has 4 rings (SSSR count). The first-order chi connectivity index (χ1) is 21.7. The summed E-state index contributed by atoms with van der Waals surface area (Å²) < 4.78 is 0. The topological polar surface area (TPSA) is 146 Å². The van der Waals surface area contributed by atoms with Gasteiger partial charge in [-0.05, 0) is 96.8 Å².